The highest BCUT2D eigenvalue weighted by Crippen LogP contribution is 2.37. The van der Waals surface area contributed by atoms with Gasteiger partial charge in [-0.05, 0) is 37.5 Å². The van der Waals surface area contributed by atoms with Gasteiger partial charge >= 0.3 is 6.18 Å². The number of rotatable bonds is 7. The Morgan fingerprint density at radius 3 is 2.38 bits per heavy atom. The molecule has 1 aromatic carbocycles. The number of anilines is 2. The van der Waals surface area contributed by atoms with Crippen LogP contribution in [0.3, 0.4) is 0 Å². The first-order chi connectivity index (χ1) is 21.9. The van der Waals surface area contributed by atoms with Crippen molar-refractivity contribution in [3.05, 3.63) is 60.1 Å². The fourth-order valence-corrected chi connectivity index (χ4v) is 5.96. The molecule has 260 valence electrons. The molecule has 1 saturated carbocycles. The van der Waals surface area contributed by atoms with Gasteiger partial charge in [-0.3, -0.25) is 18.7 Å². The number of alkyl halides is 5. The summed E-state index contributed by atoms with van der Waals surface area (Å²) in [4.78, 5) is 37.5. The summed E-state index contributed by atoms with van der Waals surface area (Å²) >= 11 is 0. The molecule has 2 atom stereocenters. The highest BCUT2D eigenvalue weighted by atomic mass is 35.5. The van der Waals surface area contributed by atoms with E-state index in [-0.39, 0.29) is 84.2 Å². The van der Waals surface area contributed by atoms with Crippen molar-refractivity contribution >= 4 is 53.8 Å². The summed E-state index contributed by atoms with van der Waals surface area (Å²) in [5.74, 6) is -1.34. The van der Waals surface area contributed by atoms with Crippen LogP contribution in [0, 0.1) is 11.7 Å². The normalized spacial score (nSPS) is 18.2. The van der Waals surface area contributed by atoms with Gasteiger partial charge in [0.05, 0.1) is 23.0 Å². The molecule has 2 aliphatic rings. The van der Waals surface area contributed by atoms with Gasteiger partial charge in [0.15, 0.2) is 17.2 Å². The third-order valence-electron chi connectivity index (χ3n) is 8.22. The molecule has 1 aliphatic heterocycles. The molecule has 2 fully saturated rings. The molecular formula is C29H31Cl2F6N9O2. The Morgan fingerprint density at radius 2 is 1.75 bits per heavy atom. The average molecular weight is 723 g/mol. The van der Waals surface area contributed by atoms with E-state index in [1.807, 2.05) is 0 Å². The lowest BCUT2D eigenvalue weighted by atomic mass is 10.1. The molecule has 0 unspecified atom stereocenters. The van der Waals surface area contributed by atoms with Crippen LogP contribution in [0.4, 0.5) is 37.8 Å². The monoisotopic (exact) mass is 721 g/mol. The summed E-state index contributed by atoms with van der Waals surface area (Å²) in [5.41, 5.74) is 4.14. The smallest absolute Gasteiger partial charge is 0.339 e. The summed E-state index contributed by atoms with van der Waals surface area (Å²) < 4.78 is 83.9. The fraction of sp³-hybridized carbons (Fsp3) is 0.414. The maximum absolute atomic E-state index is 15.2. The number of halogens is 8. The standard InChI is InChI=1S/C29H29F6N9O2.2ClH/c30-21-12-18(3-4-19(21)28(46)42-9-7-41(8-10-42)27(45)16-1-2-17(36)11-16)39-25-26-38-13-22(44(26)6-5-37-25)20-14-43(15-23(31)32)40-24(20)29(33,34)35;;/h3-6,12-14,16-17,23H,1-2,7-11,15,36H2,(H,37,39);2*1H/t16-,17+;;/m0../s1. The van der Waals surface area contributed by atoms with Crippen molar-refractivity contribution in [1.82, 2.24) is 33.9 Å². The van der Waals surface area contributed by atoms with E-state index in [0.29, 0.717) is 24.2 Å². The van der Waals surface area contributed by atoms with Crippen molar-refractivity contribution in [3.8, 4) is 11.3 Å². The first-order valence-electron chi connectivity index (χ1n) is 14.5. The molecule has 2 amide bonds. The molecule has 0 spiro atoms. The van der Waals surface area contributed by atoms with Gasteiger partial charge in [-0.1, -0.05) is 0 Å². The fourth-order valence-electron chi connectivity index (χ4n) is 5.96. The number of fused-ring (bicyclic) bond motifs is 1. The van der Waals surface area contributed by atoms with Crippen molar-refractivity contribution < 1.29 is 35.9 Å². The molecule has 4 heterocycles. The van der Waals surface area contributed by atoms with E-state index in [4.69, 9.17) is 5.73 Å². The molecule has 6 rings (SSSR count). The maximum atomic E-state index is 15.2. The zero-order valence-corrected chi connectivity index (χ0v) is 26.7. The Morgan fingerprint density at radius 1 is 1.04 bits per heavy atom. The number of aromatic nitrogens is 5. The molecule has 3 N–H and O–H groups in total. The van der Waals surface area contributed by atoms with Gasteiger partial charge in [0.25, 0.3) is 12.3 Å². The van der Waals surface area contributed by atoms with E-state index in [2.05, 4.69) is 20.4 Å². The number of hydrogen-bond donors (Lipinski definition) is 2. The van der Waals surface area contributed by atoms with Crippen molar-refractivity contribution in [1.29, 1.82) is 0 Å². The number of benzene rings is 1. The van der Waals surface area contributed by atoms with E-state index < -0.39 is 42.1 Å². The lowest BCUT2D eigenvalue weighted by Crippen LogP contribution is -2.52. The van der Waals surface area contributed by atoms with Crippen LogP contribution in [0.1, 0.15) is 35.3 Å². The molecule has 0 radical (unpaired) electrons. The number of nitrogens with zero attached hydrogens (tertiary/aromatic N) is 7. The molecule has 1 aliphatic carbocycles. The van der Waals surface area contributed by atoms with Crippen LogP contribution < -0.4 is 11.1 Å². The van der Waals surface area contributed by atoms with Gasteiger partial charge in [-0.2, -0.15) is 18.3 Å². The SMILES string of the molecule is Cl.Cl.N[C@@H]1CC[C@H](C(=O)N2CCN(C(=O)c3ccc(Nc4nccn5c(-c6cn(CC(F)F)nc6C(F)(F)F)cnc45)cc3F)CC2)C1. The number of nitrogens with one attached hydrogen (secondary N) is 1. The number of hydrogen-bond acceptors (Lipinski definition) is 7. The zero-order valence-electron chi connectivity index (χ0n) is 25.0. The van der Waals surface area contributed by atoms with Crippen molar-refractivity contribution in [2.24, 2.45) is 11.7 Å². The number of carbonyl (C=O) groups excluding carboxylic acids is 2. The second-order valence-corrected chi connectivity index (χ2v) is 11.3. The van der Waals surface area contributed by atoms with Gasteiger partial charge in [0.1, 0.15) is 12.4 Å². The molecule has 19 heteroatoms. The van der Waals surface area contributed by atoms with Gasteiger partial charge in [0.2, 0.25) is 5.91 Å². The molecule has 4 aromatic rings. The molecule has 11 nitrogen and oxygen atoms in total. The van der Waals surface area contributed by atoms with Gasteiger partial charge < -0.3 is 20.9 Å². The number of carbonyl (C=O) groups is 2. The van der Waals surface area contributed by atoms with Crippen LogP contribution in [-0.2, 0) is 17.5 Å². The second-order valence-electron chi connectivity index (χ2n) is 11.3. The minimum atomic E-state index is -4.92. The van der Waals surface area contributed by atoms with Crippen LogP contribution in [0.2, 0.25) is 0 Å². The van der Waals surface area contributed by atoms with Crippen molar-refractivity contribution in [2.75, 3.05) is 31.5 Å². The lowest BCUT2D eigenvalue weighted by Gasteiger charge is -2.36. The first kappa shape index (κ1) is 36.7. The maximum Gasteiger partial charge on any atom is 0.435 e. The molecule has 48 heavy (non-hydrogen) atoms. The Bertz CT molecular complexity index is 1780. The van der Waals surface area contributed by atoms with Crippen LogP contribution in [0.15, 0.2) is 43.0 Å². The Labute approximate surface area is 282 Å². The number of nitrogens with two attached hydrogens (primary N) is 1. The van der Waals surface area contributed by atoms with Crippen LogP contribution >= 0.6 is 24.8 Å². The van der Waals surface area contributed by atoms with E-state index in [0.717, 1.165) is 31.3 Å². The third-order valence-corrected chi connectivity index (χ3v) is 8.22. The second kappa shape index (κ2) is 14.6. The summed E-state index contributed by atoms with van der Waals surface area (Å²) in [6.45, 7) is 0.181. The summed E-state index contributed by atoms with van der Waals surface area (Å²) in [6.07, 6.45) is -1.00. The van der Waals surface area contributed by atoms with Crippen LogP contribution in [0.25, 0.3) is 16.9 Å². The summed E-state index contributed by atoms with van der Waals surface area (Å²) in [5, 5.41) is 6.18. The zero-order chi connectivity index (χ0) is 32.7. The molecular weight excluding hydrogens is 691 g/mol. The predicted molar refractivity (Wildman–Crippen MR) is 167 cm³/mol. The van der Waals surface area contributed by atoms with E-state index in [9.17, 15) is 31.5 Å². The number of piperazine rings is 1. The Balaban J connectivity index is 0.00000260. The van der Waals surface area contributed by atoms with E-state index in [1.165, 1.54) is 33.8 Å². The number of amides is 2. The van der Waals surface area contributed by atoms with Crippen LogP contribution in [-0.4, -0.2) is 84.4 Å². The highest BCUT2D eigenvalue weighted by Gasteiger charge is 2.39. The quantitative estimate of drug-likeness (QED) is 0.257. The van der Waals surface area contributed by atoms with Crippen molar-refractivity contribution in [2.45, 2.75) is 44.5 Å². The minimum Gasteiger partial charge on any atom is -0.339 e. The molecule has 1 saturated heterocycles. The van der Waals surface area contributed by atoms with E-state index in [1.54, 1.807) is 4.90 Å². The van der Waals surface area contributed by atoms with Gasteiger partial charge in [-0.25, -0.2) is 23.1 Å². The van der Waals surface area contributed by atoms with Gasteiger partial charge in [0, 0.05) is 62.4 Å². The summed E-state index contributed by atoms with van der Waals surface area (Å²) in [7, 11) is 0. The Hall–Kier alpha value is -4.09. The van der Waals surface area contributed by atoms with Crippen LogP contribution in [0.5, 0.6) is 0 Å². The van der Waals surface area contributed by atoms with Gasteiger partial charge in [-0.15, -0.1) is 24.8 Å². The van der Waals surface area contributed by atoms with Crippen molar-refractivity contribution in [3.63, 3.8) is 0 Å². The molecule has 0 bridgehead atoms. The first-order valence-corrected chi connectivity index (χ1v) is 14.5. The molecule has 3 aromatic heterocycles. The number of imidazole rings is 1. The largest absolute Gasteiger partial charge is 0.435 e. The minimum absolute atomic E-state index is 0. The lowest BCUT2D eigenvalue weighted by molar-refractivity contribution is -0.141. The topological polar surface area (TPSA) is 127 Å². The summed E-state index contributed by atoms with van der Waals surface area (Å²) in [6, 6.07) is 3.87. The highest BCUT2D eigenvalue weighted by molar-refractivity contribution is 5.95. The average Bonchev–Trinajstić information content (AvgIpc) is 3.75. The third kappa shape index (κ3) is 7.47. The predicted octanol–water partition coefficient (Wildman–Crippen LogP) is 5.01. The van der Waals surface area contributed by atoms with E-state index >= 15 is 4.39 Å². The Kier molecular flexibility index (Phi) is 11.2.